The Kier molecular flexibility index (Phi) is 4.77. The van der Waals surface area contributed by atoms with Gasteiger partial charge in [0, 0.05) is 6.20 Å². The Morgan fingerprint density at radius 1 is 1.25 bits per heavy atom. The van der Waals surface area contributed by atoms with E-state index in [1.807, 2.05) is 37.3 Å². The van der Waals surface area contributed by atoms with Crippen LogP contribution in [0.25, 0.3) is 6.08 Å². The van der Waals surface area contributed by atoms with Gasteiger partial charge in [0.05, 0.1) is 15.0 Å². The first-order valence-electron chi connectivity index (χ1n) is 5.92. The Bertz CT molecular complexity index is 744. The van der Waals surface area contributed by atoms with Gasteiger partial charge in [0.1, 0.15) is 0 Å². The lowest BCUT2D eigenvalue weighted by molar-refractivity contribution is 0.593. The zero-order chi connectivity index (χ0) is 14.7. The van der Waals surface area contributed by atoms with Gasteiger partial charge in [-0.05, 0) is 50.4 Å². The molecule has 1 atom stereocenters. The molecule has 2 aromatic rings. The number of aromatic nitrogens is 2. The molecule has 104 valence electrons. The van der Waals surface area contributed by atoms with Crippen molar-refractivity contribution >= 4 is 37.9 Å². The molecule has 0 bridgehead atoms. The zero-order valence-electron chi connectivity index (χ0n) is 10.6. The van der Waals surface area contributed by atoms with E-state index in [0.717, 1.165) is 5.56 Å². The van der Waals surface area contributed by atoms with Crippen molar-refractivity contribution in [3.8, 4) is 0 Å². The Balaban J connectivity index is 2.55. The first kappa shape index (κ1) is 15.0. The van der Waals surface area contributed by atoms with Crippen LogP contribution in [0.15, 0.2) is 49.5 Å². The second kappa shape index (κ2) is 6.37. The average Bonchev–Trinajstić information content (AvgIpc) is 2.41. The molecule has 0 aliphatic carbocycles. The molecule has 4 nitrogen and oxygen atoms in total. The van der Waals surface area contributed by atoms with Crippen molar-refractivity contribution in [2.24, 2.45) is 0 Å². The number of nitrogens with one attached hydrogen (secondary N) is 1. The highest BCUT2D eigenvalue weighted by Gasteiger charge is 2.11. The van der Waals surface area contributed by atoms with Gasteiger partial charge < -0.3 is 0 Å². The van der Waals surface area contributed by atoms with Gasteiger partial charge in [0.2, 0.25) is 0 Å². The molecule has 1 aromatic heterocycles. The molecular weight excluding hydrogens is 388 g/mol. The summed E-state index contributed by atoms with van der Waals surface area (Å²) >= 11 is 6.42. The molecule has 1 N–H and O–H groups in total. The Labute approximate surface area is 132 Å². The predicted molar refractivity (Wildman–Crippen MR) is 87.4 cm³/mol. The maximum Gasteiger partial charge on any atom is 0.328 e. The quantitative estimate of drug-likeness (QED) is 0.861. The molecule has 0 aliphatic heterocycles. The topological polar surface area (TPSA) is 54.9 Å². The largest absolute Gasteiger partial charge is 0.328 e. The zero-order valence-corrected chi connectivity index (χ0v) is 13.8. The number of hydrogen-bond acceptors (Lipinski definition) is 2. The van der Waals surface area contributed by atoms with E-state index in [1.165, 1.54) is 4.57 Å². The van der Waals surface area contributed by atoms with E-state index in [0.29, 0.717) is 8.96 Å². The fourth-order valence-electron chi connectivity index (χ4n) is 1.90. The molecule has 0 amide bonds. The summed E-state index contributed by atoms with van der Waals surface area (Å²) in [4.78, 5) is 26.0. The fourth-order valence-corrected chi connectivity index (χ4v) is 2.39. The van der Waals surface area contributed by atoms with Gasteiger partial charge in [-0.2, -0.15) is 0 Å². The highest BCUT2D eigenvalue weighted by molar-refractivity contribution is 9.28. The third-order valence-electron chi connectivity index (χ3n) is 2.96. The number of hydrogen-bond donors (Lipinski definition) is 1. The van der Waals surface area contributed by atoms with Crippen molar-refractivity contribution < 1.29 is 0 Å². The number of H-pyrrole nitrogens is 1. The number of nitrogens with zero attached hydrogens (tertiary/aromatic N) is 1. The van der Waals surface area contributed by atoms with Crippen molar-refractivity contribution in [1.82, 2.24) is 9.55 Å². The maximum absolute atomic E-state index is 12.0. The monoisotopic (exact) mass is 398 g/mol. The van der Waals surface area contributed by atoms with Gasteiger partial charge in [0.25, 0.3) is 5.56 Å². The van der Waals surface area contributed by atoms with Gasteiger partial charge in [-0.15, -0.1) is 0 Å². The second-order valence-electron chi connectivity index (χ2n) is 4.27. The molecule has 2 rings (SSSR count). The molecule has 0 saturated heterocycles. The molecule has 1 heterocycles. The molecule has 0 radical (unpaired) electrons. The van der Waals surface area contributed by atoms with Gasteiger partial charge in [0.15, 0.2) is 0 Å². The van der Waals surface area contributed by atoms with Crippen LogP contribution in [-0.2, 0) is 0 Å². The minimum atomic E-state index is -0.422. The van der Waals surface area contributed by atoms with Gasteiger partial charge in [-0.3, -0.25) is 14.3 Å². The molecule has 6 heteroatoms. The van der Waals surface area contributed by atoms with Crippen LogP contribution in [0.1, 0.15) is 24.1 Å². The highest BCUT2D eigenvalue weighted by Crippen LogP contribution is 2.18. The first-order chi connectivity index (χ1) is 9.49. The van der Waals surface area contributed by atoms with Gasteiger partial charge >= 0.3 is 5.69 Å². The molecule has 0 fully saturated rings. The maximum atomic E-state index is 12.0. The highest BCUT2D eigenvalue weighted by atomic mass is 79.9. The second-order valence-corrected chi connectivity index (χ2v) is 7.04. The number of halogens is 2. The van der Waals surface area contributed by atoms with Gasteiger partial charge in [-0.1, -0.05) is 30.3 Å². The molecule has 0 aliphatic rings. The van der Waals surface area contributed by atoms with Crippen LogP contribution in [0, 0.1) is 0 Å². The third kappa shape index (κ3) is 3.37. The van der Waals surface area contributed by atoms with Crippen LogP contribution in [-0.4, -0.2) is 9.55 Å². The molecule has 0 saturated carbocycles. The molecular formula is C14H12Br2N2O2. The van der Waals surface area contributed by atoms with E-state index in [1.54, 1.807) is 12.3 Å². The molecule has 0 spiro atoms. The van der Waals surface area contributed by atoms with E-state index in [9.17, 15) is 9.59 Å². The number of rotatable bonds is 3. The summed E-state index contributed by atoms with van der Waals surface area (Å²) in [6.45, 7) is 1.91. The molecule has 20 heavy (non-hydrogen) atoms. The van der Waals surface area contributed by atoms with Crippen LogP contribution < -0.4 is 11.2 Å². The van der Waals surface area contributed by atoms with E-state index >= 15 is 0 Å². The summed E-state index contributed by atoms with van der Waals surface area (Å²) in [5, 5.41) is 0. The van der Waals surface area contributed by atoms with E-state index in [-0.39, 0.29) is 6.04 Å². The SMILES string of the molecule is CC(c1ccccc1)n1cc(C=C(Br)Br)c(=O)[nH]c1=O. The van der Waals surface area contributed by atoms with Crippen molar-refractivity contribution in [2.75, 3.05) is 0 Å². The smallest absolute Gasteiger partial charge is 0.293 e. The van der Waals surface area contributed by atoms with Gasteiger partial charge in [-0.25, -0.2) is 4.79 Å². The van der Waals surface area contributed by atoms with Crippen LogP contribution in [0.3, 0.4) is 0 Å². The lowest BCUT2D eigenvalue weighted by Crippen LogP contribution is -2.32. The van der Waals surface area contributed by atoms with E-state index in [2.05, 4.69) is 36.8 Å². The van der Waals surface area contributed by atoms with Crippen LogP contribution in [0.2, 0.25) is 0 Å². The van der Waals surface area contributed by atoms with Crippen LogP contribution in [0.5, 0.6) is 0 Å². The summed E-state index contributed by atoms with van der Waals surface area (Å²) < 4.78 is 2.14. The van der Waals surface area contributed by atoms with Crippen LogP contribution >= 0.6 is 31.9 Å². The van der Waals surface area contributed by atoms with Crippen LogP contribution in [0.4, 0.5) is 0 Å². The average molecular weight is 400 g/mol. The first-order valence-corrected chi connectivity index (χ1v) is 7.50. The summed E-state index contributed by atoms with van der Waals surface area (Å²) in [5.74, 6) is 0. The minimum Gasteiger partial charge on any atom is -0.293 e. The van der Waals surface area contributed by atoms with Crippen molar-refractivity contribution in [1.29, 1.82) is 0 Å². The normalized spacial score (nSPS) is 11.9. The van der Waals surface area contributed by atoms with E-state index in [4.69, 9.17) is 0 Å². The Morgan fingerprint density at radius 2 is 1.90 bits per heavy atom. The summed E-state index contributed by atoms with van der Waals surface area (Å²) in [5.41, 5.74) is 0.558. The minimum absolute atomic E-state index is 0.165. The summed E-state index contributed by atoms with van der Waals surface area (Å²) in [6, 6.07) is 9.47. The Morgan fingerprint density at radius 3 is 2.50 bits per heavy atom. The summed E-state index contributed by atoms with van der Waals surface area (Å²) in [7, 11) is 0. The van der Waals surface area contributed by atoms with Crippen molar-refractivity contribution in [2.45, 2.75) is 13.0 Å². The lowest BCUT2D eigenvalue weighted by Gasteiger charge is -2.15. The number of benzene rings is 1. The van der Waals surface area contributed by atoms with E-state index < -0.39 is 11.2 Å². The number of aromatic amines is 1. The lowest BCUT2D eigenvalue weighted by atomic mass is 10.1. The van der Waals surface area contributed by atoms with Crippen molar-refractivity contribution in [3.05, 3.63) is 71.9 Å². The summed E-state index contributed by atoms with van der Waals surface area (Å²) in [6.07, 6.45) is 3.16. The fraction of sp³-hybridized carbons (Fsp3) is 0.143. The molecule has 1 aromatic carbocycles. The van der Waals surface area contributed by atoms with Crippen molar-refractivity contribution in [3.63, 3.8) is 0 Å². The standard InChI is InChI=1S/C14H12Br2N2O2/c1-9(10-5-3-2-4-6-10)18-8-11(7-12(15)16)13(19)17-14(18)20/h2-9H,1H3,(H,17,19,20). The molecule has 1 unspecified atom stereocenters. The Hall–Kier alpha value is -1.40. The predicted octanol–water partition coefficient (Wildman–Crippen LogP) is 3.23. The third-order valence-corrected chi connectivity index (χ3v) is 3.42.